The Morgan fingerprint density at radius 2 is 1.75 bits per heavy atom. The van der Waals surface area contributed by atoms with Gasteiger partial charge in [-0.3, -0.25) is 4.79 Å². The van der Waals surface area contributed by atoms with E-state index in [1.807, 2.05) is 0 Å². The molecule has 86 valence electrons. The van der Waals surface area contributed by atoms with Crippen molar-refractivity contribution in [1.29, 1.82) is 0 Å². The molecule has 0 spiro atoms. The lowest BCUT2D eigenvalue weighted by atomic mass is 9.95. The normalized spacial score (nSPS) is 17.1. The van der Waals surface area contributed by atoms with E-state index < -0.39 is 0 Å². The first-order valence-electron chi connectivity index (χ1n) is 5.82. The SMILES string of the molecule is O=C(NC1CCCCC1)c1ccc(F)cc1. The zero-order valence-corrected chi connectivity index (χ0v) is 9.21. The molecule has 0 aliphatic heterocycles. The second-order valence-corrected chi connectivity index (χ2v) is 4.32. The summed E-state index contributed by atoms with van der Waals surface area (Å²) in [7, 11) is 0. The standard InChI is InChI=1S/C13H16FNO/c14-11-8-6-10(7-9-11)13(16)15-12-4-2-1-3-5-12/h6-9,12H,1-5H2,(H,15,16). The van der Waals surface area contributed by atoms with Gasteiger partial charge in [0.25, 0.3) is 5.91 Å². The summed E-state index contributed by atoms with van der Waals surface area (Å²) in [6, 6.07) is 5.97. The van der Waals surface area contributed by atoms with Crippen molar-refractivity contribution in [2.45, 2.75) is 38.1 Å². The number of carbonyl (C=O) groups is 1. The summed E-state index contributed by atoms with van der Waals surface area (Å²) in [6.45, 7) is 0. The molecule has 2 nitrogen and oxygen atoms in total. The van der Waals surface area contributed by atoms with E-state index in [4.69, 9.17) is 0 Å². The first kappa shape index (κ1) is 11.1. The fourth-order valence-electron chi connectivity index (χ4n) is 2.12. The topological polar surface area (TPSA) is 29.1 Å². The Kier molecular flexibility index (Phi) is 3.54. The van der Waals surface area contributed by atoms with Crippen molar-refractivity contribution < 1.29 is 9.18 Å². The first-order valence-corrected chi connectivity index (χ1v) is 5.82. The second-order valence-electron chi connectivity index (χ2n) is 4.32. The Morgan fingerprint density at radius 1 is 1.12 bits per heavy atom. The van der Waals surface area contributed by atoms with E-state index in [-0.39, 0.29) is 11.7 Å². The molecule has 0 radical (unpaired) electrons. The number of benzene rings is 1. The molecule has 1 aromatic carbocycles. The molecular formula is C13H16FNO. The molecule has 3 heteroatoms. The minimum atomic E-state index is -0.311. The van der Waals surface area contributed by atoms with Gasteiger partial charge in [-0.05, 0) is 37.1 Å². The van der Waals surface area contributed by atoms with Crippen molar-refractivity contribution in [3.8, 4) is 0 Å². The Labute approximate surface area is 94.9 Å². The number of hydrogen-bond acceptors (Lipinski definition) is 1. The van der Waals surface area contributed by atoms with Gasteiger partial charge in [0.2, 0.25) is 0 Å². The van der Waals surface area contributed by atoms with Gasteiger partial charge in [0.05, 0.1) is 0 Å². The lowest BCUT2D eigenvalue weighted by molar-refractivity contribution is 0.0927. The van der Waals surface area contributed by atoms with Gasteiger partial charge in [0, 0.05) is 11.6 Å². The van der Waals surface area contributed by atoms with Crippen LogP contribution in [0.1, 0.15) is 42.5 Å². The van der Waals surface area contributed by atoms with E-state index in [2.05, 4.69) is 5.32 Å². The summed E-state index contributed by atoms with van der Waals surface area (Å²) in [5.41, 5.74) is 0.534. The monoisotopic (exact) mass is 221 g/mol. The van der Waals surface area contributed by atoms with Crippen LogP contribution in [0.5, 0.6) is 0 Å². The average molecular weight is 221 g/mol. The Balaban J connectivity index is 1.94. The number of carbonyl (C=O) groups excluding carboxylic acids is 1. The molecule has 1 N–H and O–H groups in total. The Bertz CT molecular complexity index is 355. The zero-order chi connectivity index (χ0) is 11.4. The van der Waals surface area contributed by atoms with Crippen molar-refractivity contribution in [1.82, 2.24) is 5.32 Å². The zero-order valence-electron chi connectivity index (χ0n) is 9.21. The number of halogens is 1. The third-order valence-electron chi connectivity index (χ3n) is 3.05. The van der Waals surface area contributed by atoms with Crippen LogP contribution in [0.15, 0.2) is 24.3 Å². The minimum Gasteiger partial charge on any atom is -0.349 e. The maximum atomic E-state index is 12.7. The Hall–Kier alpha value is -1.38. The largest absolute Gasteiger partial charge is 0.349 e. The molecule has 0 heterocycles. The van der Waals surface area contributed by atoms with Gasteiger partial charge in [0.1, 0.15) is 5.82 Å². The third-order valence-corrected chi connectivity index (χ3v) is 3.05. The van der Waals surface area contributed by atoms with Gasteiger partial charge in [-0.2, -0.15) is 0 Å². The fraction of sp³-hybridized carbons (Fsp3) is 0.462. The lowest BCUT2D eigenvalue weighted by Crippen LogP contribution is -2.36. The smallest absolute Gasteiger partial charge is 0.251 e. The number of nitrogens with one attached hydrogen (secondary N) is 1. The molecule has 16 heavy (non-hydrogen) atoms. The minimum absolute atomic E-state index is 0.0908. The highest BCUT2D eigenvalue weighted by molar-refractivity contribution is 5.94. The van der Waals surface area contributed by atoms with Crippen molar-refractivity contribution in [3.63, 3.8) is 0 Å². The summed E-state index contributed by atoms with van der Waals surface area (Å²) in [5, 5.41) is 2.99. The maximum absolute atomic E-state index is 12.7. The van der Waals surface area contributed by atoms with Gasteiger partial charge >= 0.3 is 0 Å². The van der Waals surface area contributed by atoms with E-state index in [0.717, 1.165) is 12.8 Å². The molecule has 1 amide bonds. The number of hydrogen-bond donors (Lipinski definition) is 1. The summed E-state index contributed by atoms with van der Waals surface area (Å²) in [4.78, 5) is 11.8. The van der Waals surface area contributed by atoms with Crippen LogP contribution >= 0.6 is 0 Å². The van der Waals surface area contributed by atoms with Gasteiger partial charge < -0.3 is 5.32 Å². The number of rotatable bonds is 2. The van der Waals surface area contributed by atoms with Gasteiger partial charge in [-0.15, -0.1) is 0 Å². The molecular weight excluding hydrogens is 205 g/mol. The molecule has 0 saturated heterocycles. The highest BCUT2D eigenvalue weighted by atomic mass is 19.1. The predicted molar refractivity (Wildman–Crippen MR) is 60.7 cm³/mol. The molecule has 0 aromatic heterocycles. The lowest BCUT2D eigenvalue weighted by Gasteiger charge is -2.22. The van der Waals surface area contributed by atoms with Gasteiger partial charge in [-0.1, -0.05) is 19.3 Å². The highest BCUT2D eigenvalue weighted by Crippen LogP contribution is 2.17. The van der Waals surface area contributed by atoms with E-state index >= 15 is 0 Å². The molecule has 1 saturated carbocycles. The third kappa shape index (κ3) is 2.81. The van der Waals surface area contributed by atoms with Crippen LogP contribution in [0.2, 0.25) is 0 Å². The molecule has 1 aromatic rings. The van der Waals surface area contributed by atoms with Crippen molar-refractivity contribution in [3.05, 3.63) is 35.6 Å². The van der Waals surface area contributed by atoms with Crippen LogP contribution in [0, 0.1) is 5.82 Å². The summed E-state index contributed by atoms with van der Waals surface area (Å²) in [6.07, 6.45) is 5.77. The first-order chi connectivity index (χ1) is 7.75. The summed E-state index contributed by atoms with van der Waals surface area (Å²) >= 11 is 0. The molecule has 0 bridgehead atoms. The quantitative estimate of drug-likeness (QED) is 0.817. The average Bonchev–Trinajstić information content (AvgIpc) is 2.31. The molecule has 1 aliphatic carbocycles. The van der Waals surface area contributed by atoms with Crippen LogP contribution in [-0.2, 0) is 0 Å². The van der Waals surface area contributed by atoms with Crippen LogP contribution in [0.4, 0.5) is 4.39 Å². The predicted octanol–water partition coefficient (Wildman–Crippen LogP) is 2.89. The molecule has 1 aliphatic rings. The molecule has 0 unspecified atom stereocenters. The van der Waals surface area contributed by atoms with Gasteiger partial charge in [-0.25, -0.2) is 4.39 Å². The second kappa shape index (κ2) is 5.10. The maximum Gasteiger partial charge on any atom is 0.251 e. The van der Waals surface area contributed by atoms with Crippen LogP contribution in [-0.4, -0.2) is 11.9 Å². The van der Waals surface area contributed by atoms with E-state index in [9.17, 15) is 9.18 Å². The van der Waals surface area contributed by atoms with E-state index in [1.54, 1.807) is 0 Å². The van der Waals surface area contributed by atoms with Crippen molar-refractivity contribution in [2.75, 3.05) is 0 Å². The number of amides is 1. The summed E-state index contributed by atoms with van der Waals surface area (Å²) in [5.74, 6) is -0.402. The fourth-order valence-corrected chi connectivity index (χ4v) is 2.12. The van der Waals surface area contributed by atoms with Gasteiger partial charge in [0.15, 0.2) is 0 Å². The van der Waals surface area contributed by atoms with Crippen LogP contribution in [0.3, 0.4) is 0 Å². The summed E-state index contributed by atoms with van der Waals surface area (Å²) < 4.78 is 12.7. The highest BCUT2D eigenvalue weighted by Gasteiger charge is 2.16. The van der Waals surface area contributed by atoms with Crippen molar-refractivity contribution >= 4 is 5.91 Å². The van der Waals surface area contributed by atoms with Crippen LogP contribution < -0.4 is 5.32 Å². The van der Waals surface area contributed by atoms with E-state index in [1.165, 1.54) is 43.5 Å². The van der Waals surface area contributed by atoms with Crippen molar-refractivity contribution in [2.24, 2.45) is 0 Å². The van der Waals surface area contributed by atoms with E-state index in [0.29, 0.717) is 11.6 Å². The Morgan fingerprint density at radius 3 is 2.38 bits per heavy atom. The molecule has 1 fully saturated rings. The molecule has 2 rings (SSSR count). The van der Waals surface area contributed by atoms with Crippen LogP contribution in [0.25, 0.3) is 0 Å². The molecule has 0 atom stereocenters.